The van der Waals surface area contributed by atoms with E-state index in [4.69, 9.17) is 0 Å². The topological polar surface area (TPSA) is 3.24 Å². The van der Waals surface area contributed by atoms with E-state index in [1.807, 2.05) is 0 Å². The second-order valence-electron chi connectivity index (χ2n) is 5.70. The molecule has 3 rings (SSSR count). The van der Waals surface area contributed by atoms with Gasteiger partial charge in [-0.25, -0.2) is 0 Å². The quantitative estimate of drug-likeness (QED) is 0.434. The Morgan fingerprint density at radius 1 is 0.519 bits per heavy atom. The van der Waals surface area contributed by atoms with Gasteiger partial charge >= 0.3 is 12.4 Å². The molecule has 0 aliphatic carbocycles. The second-order valence-corrected chi connectivity index (χ2v) is 5.70. The van der Waals surface area contributed by atoms with Crippen LogP contribution in [0.5, 0.6) is 0 Å². The predicted molar refractivity (Wildman–Crippen MR) is 91.1 cm³/mol. The van der Waals surface area contributed by atoms with Crippen LogP contribution >= 0.6 is 0 Å². The summed E-state index contributed by atoms with van der Waals surface area (Å²) in [5, 5.41) is 0. The van der Waals surface area contributed by atoms with Gasteiger partial charge in [0.1, 0.15) is 0 Å². The molecule has 0 saturated heterocycles. The van der Waals surface area contributed by atoms with E-state index in [0.29, 0.717) is 17.4 Å². The van der Waals surface area contributed by atoms with E-state index in [1.54, 1.807) is 36.4 Å². The van der Waals surface area contributed by atoms with Gasteiger partial charge in [0.15, 0.2) is 0 Å². The Morgan fingerprint density at radius 2 is 1.00 bits per heavy atom. The highest BCUT2D eigenvalue weighted by Gasteiger charge is 2.45. The summed E-state index contributed by atoms with van der Waals surface area (Å²) in [5.74, 6) is 0. The molecule has 3 aromatic rings. The van der Waals surface area contributed by atoms with E-state index in [-0.39, 0.29) is 0 Å². The molecule has 0 N–H and O–H groups in total. The maximum absolute atomic E-state index is 13.7. The second kappa shape index (κ2) is 6.98. The summed E-state index contributed by atoms with van der Waals surface area (Å²) in [6, 6.07) is 18.4. The molecule has 0 spiro atoms. The molecule has 1 nitrogen and oxygen atoms in total. The van der Waals surface area contributed by atoms with E-state index in [0.717, 1.165) is 17.0 Å². The summed E-state index contributed by atoms with van der Waals surface area (Å²) >= 11 is 0. The number of para-hydroxylation sites is 2. The molecule has 0 heterocycles. The van der Waals surface area contributed by atoms with Gasteiger partial charge < -0.3 is 4.90 Å². The average molecular weight is 381 g/mol. The molecule has 0 saturated carbocycles. The summed E-state index contributed by atoms with van der Waals surface area (Å²) in [6.45, 7) is 0. The third-order valence-electron chi connectivity index (χ3n) is 3.90. The smallest absolute Gasteiger partial charge is 0.310 e. The van der Waals surface area contributed by atoms with Crippen LogP contribution in [0, 0.1) is 0 Å². The van der Waals surface area contributed by atoms with Crippen molar-refractivity contribution in [3.63, 3.8) is 0 Å². The van der Waals surface area contributed by atoms with Crippen molar-refractivity contribution in [2.75, 3.05) is 4.90 Å². The van der Waals surface area contributed by atoms with Crippen LogP contribution in [0.25, 0.3) is 0 Å². The molecule has 0 bridgehead atoms. The summed E-state index contributed by atoms with van der Waals surface area (Å²) < 4.78 is 81.0. The first kappa shape index (κ1) is 18.8. The molecular formula is C20H13F6N. The van der Waals surface area contributed by atoms with Gasteiger partial charge in [-0.3, -0.25) is 0 Å². The molecule has 0 aliphatic heterocycles. The van der Waals surface area contributed by atoms with Crippen LogP contribution in [0.3, 0.4) is 0 Å². The Morgan fingerprint density at radius 3 is 1.41 bits per heavy atom. The van der Waals surface area contributed by atoms with Gasteiger partial charge in [0.2, 0.25) is 0 Å². The Labute approximate surface area is 151 Å². The number of benzene rings is 3. The first-order chi connectivity index (χ1) is 12.7. The minimum Gasteiger partial charge on any atom is -0.310 e. The van der Waals surface area contributed by atoms with Gasteiger partial charge in [-0.05, 0) is 36.4 Å². The van der Waals surface area contributed by atoms with E-state index in [9.17, 15) is 26.3 Å². The van der Waals surface area contributed by atoms with Crippen LogP contribution in [0.2, 0.25) is 0 Å². The molecule has 3 aromatic carbocycles. The fourth-order valence-electron chi connectivity index (χ4n) is 2.84. The SMILES string of the molecule is FC(F)(F)c1cccc(N(c2ccccc2)c2ccccc2)c1C(F)(F)F. The zero-order valence-electron chi connectivity index (χ0n) is 13.7. The van der Waals surface area contributed by atoms with Crippen molar-refractivity contribution < 1.29 is 26.3 Å². The van der Waals surface area contributed by atoms with Crippen LogP contribution < -0.4 is 4.90 Å². The lowest BCUT2D eigenvalue weighted by Crippen LogP contribution is -2.22. The van der Waals surface area contributed by atoms with Crippen molar-refractivity contribution in [1.29, 1.82) is 0 Å². The first-order valence-corrected chi connectivity index (χ1v) is 7.87. The van der Waals surface area contributed by atoms with Gasteiger partial charge in [0.25, 0.3) is 0 Å². The highest BCUT2D eigenvalue weighted by Crippen LogP contribution is 2.48. The van der Waals surface area contributed by atoms with Gasteiger partial charge in [0.05, 0.1) is 16.8 Å². The molecule has 0 amide bonds. The molecule has 0 fully saturated rings. The Kier molecular flexibility index (Phi) is 4.87. The molecule has 7 heteroatoms. The molecule has 0 aromatic heterocycles. The number of rotatable bonds is 3. The lowest BCUT2D eigenvalue weighted by atomic mass is 10.0. The third kappa shape index (κ3) is 3.92. The highest BCUT2D eigenvalue weighted by molar-refractivity contribution is 5.79. The minimum absolute atomic E-state index is 0.313. The van der Waals surface area contributed by atoms with Gasteiger partial charge in [0, 0.05) is 11.4 Å². The number of halogens is 6. The third-order valence-corrected chi connectivity index (χ3v) is 3.90. The number of alkyl halides is 6. The first-order valence-electron chi connectivity index (χ1n) is 7.87. The zero-order chi connectivity index (χ0) is 19.7. The van der Waals surface area contributed by atoms with Crippen molar-refractivity contribution in [2.24, 2.45) is 0 Å². The Balaban J connectivity index is 2.34. The van der Waals surface area contributed by atoms with E-state index in [1.165, 1.54) is 24.3 Å². The molecule has 140 valence electrons. The maximum atomic E-state index is 13.7. The molecular weight excluding hydrogens is 368 g/mol. The molecule has 0 radical (unpaired) electrons. The Hall–Kier alpha value is -2.96. The van der Waals surface area contributed by atoms with Gasteiger partial charge in [-0.2, -0.15) is 26.3 Å². The fraction of sp³-hybridized carbons (Fsp3) is 0.100. The monoisotopic (exact) mass is 381 g/mol. The fourth-order valence-corrected chi connectivity index (χ4v) is 2.84. The van der Waals surface area contributed by atoms with Crippen molar-refractivity contribution in [1.82, 2.24) is 0 Å². The molecule has 27 heavy (non-hydrogen) atoms. The van der Waals surface area contributed by atoms with Crippen LogP contribution in [0.4, 0.5) is 43.4 Å². The molecule has 0 atom stereocenters. The van der Waals surface area contributed by atoms with Crippen molar-refractivity contribution >= 4 is 17.1 Å². The van der Waals surface area contributed by atoms with Crippen LogP contribution in [-0.4, -0.2) is 0 Å². The summed E-state index contributed by atoms with van der Waals surface area (Å²) in [7, 11) is 0. The average Bonchev–Trinajstić information content (AvgIpc) is 2.62. The van der Waals surface area contributed by atoms with Crippen molar-refractivity contribution in [3.8, 4) is 0 Å². The number of hydrogen-bond acceptors (Lipinski definition) is 1. The van der Waals surface area contributed by atoms with Crippen molar-refractivity contribution in [2.45, 2.75) is 12.4 Å². The number of nitrogens with zero attached hydrogens (tertiary/aromatic N) is 1. The number of hydrogen-bond donors (Lipinski definition) is 0. The van der Waals surface area contributed by atoms with Crippen LogP contribution in [0.15, 0.2) is 78.9 Å². The summed E-state index contributed by atoms with van der Waals surface area (Å²) in [6.07, 6.45) is -10.3. The largest absolute Gasteiger partial charge is 0.419 e. The lowest BCUT2D eigenvalue weighted by Gasteiger charge is -2.29. The van der Waals surface area contributed by atoms with Gasteiger partial charge in [-0.1, -0.05) is 42.5 Å². The number of anilines is 3. The van der Waals surface area contributed by atoms with Crippen molar-refractivity contribution in [3.05, 3.63) is 90.0 Å². The van der Waals surface area contributed by atoms with E-state index < -0.39 is 29.2 Å². The van der Waals surface area contributed by atoms with E-state index >= 15 is 0 Å². The normalized spacial score (nSPS) is 12.1. The minimum atomic E-state index is -5.19. The maximum Gasteiger partial charge on any atom is 0.419 e. The standard InChI is InChI=1S/C20H13F6N/c21-19(22,23)16-12-7-13-17(18(16)20(24,25)26)27(14-8-3-1-4-9-14)15-10-5-2-6-11-15/h1-13H. The van der Waals surface area contributed by atoms with Gasteiger partial charge in [-0.15, -0.1) is 0 Å². The summed E-state index contributed by atoms with van der Waals surface area (Å²) in [5.41, 5.74) is -3.40. The Bertz CT molecular complexity index is 862. The highest BCUT2D eigenvalue weighted by atomic mass is 19.4. The van der Waals surface area contributed by atoms with E-state index in [2.05, 4.69) is 0 Å². The summed E-state index contributed by atoms with van der Waals surface area (Å²) in [4.78, 5) is 1.16. The molecule has 0 unspecified atom stereocenters. The lowest BCUT2D eigenvalue weighted by molar-refractivity contribution is -0.161. The predicted octanol–water partition coefficient (Wildman–Crippen LogP) is 7.19. The molecule has 0 aliphatic rings. The van der Waals surface area contributed by atoms with Crippen LogP contribution in [0.1, 0.15) is 11.1 Å². The van der Waals surface area contributed by atoms with Crippen LogP contribution in [-0.2, 0) is 12.4 Å². The zero-order valence-corrected chi connectivity index (χ0v) is 13.7.